The standard InChI is InChI=1S/C27H47NO4/c1-25(2,3)11-12-28-20-14-27(5)18(9-10-19(27)24(31)32-6)17-8-7-16-13-21(29)22(30)15-26(16,4)23(17)20/h16-23,28-30H,7-15H2,1-6H3/t16-,17-,18-,19+,20+,21-,22-,23+,26-,27-/m0/s1. The summed E-state index contributed by atoms with van der Waals surface area (Å²) in [6, 6.07) is 0.337. The zero-order valence-electron chi connectivity index (χ0n) is 21.2. The molecule has 3 N–H and O–H groups in total. The Morgan fingerprint density at radius 1 is 1.03 bits per heavy atom. The van der Waals surface area contributed by atoms with E-state index in [0.29, 0.717) is 36.1 Å². The van der Waals surface area contributed by atoms with Gasteiger partial charge in [0.05, 0.1) is 25.2 Å². The number of hydrogen-bond donors (Lipinski definition) is 3. The highest BCUT2D eigenvalue weighted by Gasteiger charge is 2.64. The summed E-state index contributed by atoms with van der Waals surface area (Å²) < 4.78 is 5.26. The number of aliphatic hydroxyl groups is 2. The Morgan fingerprint density at radius 3 is 2.41 bits per heavy atom. The minimum atomic E-state index is -0.620. The van der Waals surface area contributed by atoms with Crippen molar-refractivity contribution in [1.29, 1.82) is 0 Å². The van der Waals surface area contributed by atoms with Crippen molar-refractivity contribution in [3.05, 3.63) is 0 Å². The van der Waals surface area contributed by atoms with Gasteiger partial charge in [-0.25, -0.2) is 0 Å². The van der Waals surface area contributed by atoms with Gasteiger partial charge in [-0.05, 0) is 97.8 Å². The highest BCUT2D eigenvalue weighted by atomic mass is 16.5. The molecule has 0 aromatic carbocycles. The lowest BCUT2D eigenvalue weighted by molar-refractivity contribution is -0.175. The Bertz CT molecular complexity index is 704. The number of rotatable bonds is 4. The van der Waals surface area contributed by atoms with Gasteiger partial charge in [-0.3, -0.25) is 4.79 Å². The smallest absolute Gasteiger partial charge is 0.309 e. The molecule has 0 aliphatic heterocycles. The van der Waals surface area contributed by atoms with Gasteiger partial charge in [0.25, 0.3) is 0 Å². The van der Waals surface area contributed by atoms with Crippen LogP contribution >= 0.6 is 0 Å². The first kappa shape index (κ1) is 24.5. The molecule has 0 spiro atoms. The number of ether oxygens (including phenoxy) is 1. The summed E-state index contributed by atoms with van der Waals surface area (Å²) in [7, 11) is 1.53. The van der Waals surface area contributed by atoms with E-state index in [4.69, 9.17) is 4.74 Å². The number of fused-ring (bicyclic) bond motifs is 5. The van der Waals surface area contributed by atoms with E-state index in [1.165, 1.54) is 13.5 Å². The minimum Gasteiger partial charge on any atom is -0.469 e. The maximum absolute atomic E-state index is 12.8. The molecule has 0 heterocycles. The summed E-state index contributed by atoms with van der Waals surface area (Å²) in [6.45, 7) is 12.6. The first-order valence-corrected chi connectivity index (χ1v) is 13.1. The van der Waals surface area contributed by atoms with E-state index >= 15 is 0 Å². The quantitative estimate of drug-likeness (QED) is 0.562. The van der Waals surface area contributed by atoms with Crippen molar-refractivity contribution in [2.45, 2.75) is 104 Å². The van der Waals surface area contributed by atoms with Crippen LogP contribution in [0, 0.1) is 45.8 Å². The van der Waals surface area contributed by atoms with Gasteiger partial charge in [-0.15, -0.1) is 0 Å². The predicted octanol–water partition coefficient (Wildman–Crippen LogP) is 4.15. The lowest BCUT2D eigenvalue weighted by Gasteiger charge is -2.63. The van der Waals surface area contributed by atoms with Crippen LogP contribution in [0.25, 0.3) is 0 Å². The number of hydrogen-bond acceptors (Lipinski definition) is 5. The number of carbonyl (C=O) groups excluding carboxylic acids is 1. The lowest BCUT2D eigenvalue weighted by atomic mass is 9.43. The van der Waals surface area contributed by atoms with E-state index in [-0.39, 0.29) is 28.1 Å². The maximum atomic E-state index is 12.8. The molecule has 4 aliphatic rings. The molecule has 0 saturated heterocycles. The average Bonchev–Trinajstić information content (AvgIpc) is 3.04. The van der Waals surface area contributed by atoms with Crippen molar-refractivity contribution in [3.63, 3.8) is 0 Å². The van der Waals surface area contributed by atoms with Gasteiger partial charge < -0.3 is 20.3 Å². The summed E-state index contributed by atoms with van der Waals surface area (Å²) >= 11 is 0. The fourth-order valence-electron chi connectivity index (χ4n) is 8.82. The van der Waals surface area contributed by atoms with Crippen LogP contribution in [-0.4, -0.2) is 48.1 Å². The largest absolute Gasteiger partial charge is 0.469 e. The highest BCUT2D eigenvalue weighted by molar-refractivity contribution is 5.74. The van der Waals surface area contributed by atoms with Gasteiger partial charge >= 0.3 is 5.97 Å². The summed E-state index contributed by atoms with van der Waals surface area (Å²) in [4.78, 5) is 12.8. The fraction of sp³-hybridized carbons (Fsp3) is 0.963. The summed E-state index contributed by atoms with van der Waals surface area (Å²) in [5, 5.41) is 25.1. The number of methoxy groups -OCH3 is 1. The van der Waals surface area contributed by atoms with Crippen molar-refractivity contribution in [2.24, 2.45) is 45.8 Å². The zero-order valence-corrected chi connectivity index (χ0v) is 21.2. The van der Waals surface area contributed by atoms with Crippen LogP contribution in [0.1, 0.15) is 86.0 Å². The van der Waals surface area contributed by atoms with Gasteiger partial charge in [0.1, 0.15) is 0 Å². The molecule has 0 aromatic rings. The third-order valence-electron chi connectivity index (χ3n) is 10.4. The van der Waals surface area contributed by atoms with E-state index < -0.39 is 12.2 Å². The molecule has 4 fully saturated rings. The first-order valence-electron chi connectivity index (χ1n) is 13.1. The number of aliphatic hydroxyl groups excluding tert-OH is 2. The molecule has 5 nitrogen and oxygen atoms in total. The lowest BCUT2D eigenvalue weighted by Crippen LogP contribution is -2.64. The van der Waals surface area contributed by atoms with E-state index in [0.717, 1.165) is 45.1 Å². The Hall–Kier alpha value is -0.650. The molecular weight excluding hydrogens is 402 g/mol. The monoisotopic (exact) mass is 449 g/mol. The van der Waals surface area contributed by atoms with Crippen LogP contribution in [0.5, 0.6) is 0 Å². The van der Waals surface area contributed by atoms with Crippen molar-refractivity contribution in [2.75, 3.05) is 13.7 Å². The highest BCUT2D eigenvalue weighted by Crippen LogP contribution is 2.67. The molecule has 4 saturated carbocycles. The van der Waals surface area contributed by atoms with E-state index in [1.54, 1.807) is 0 Å². The third kappa shape index (κ3) is 4.05. The van der Waals surface area contributed by atoms with Crippen molar-refractivity contribution >= 4 is 5.97 Å². The molecule has 5 heteroatoms. The molecule has 184 valence electrons. The van der Waals surface area contributed by atoms with Gasteiger partial charge in [0, 0.05) is 6.04 Å². The zero-order chi connectivity index (χ0) is 23.5. The molecule has 4 aliphatic carbocycles. The van der Waals surface area contributed by atoms with Gasteiger partial charge in [-0.2, -0.15) is 0 Å². The number of esters is 1. The van der Waals surface area contributed by atoms with Crippen LogP contribution in [-0.2, 0) is 9.53 Å². The fourth-order valence-corrected chi connectivity index (χ4v) is 8.82. The van der Waals surface area contributed by atoms with E-state index in [2.05, 4.69) is 39.9 Å². The van der Waals surface area contributed by atoms with Crippen LogP contribution in [0.3, 0.4) is 0 Å². The Balaban J connectivity index is 1.67. The molecule has 4 rings (SSSR count). The Kier molecular flexibility index (Phi) is 6.53. The van der Waals surface area contributed by atoms with E-state index in [1.807, 2.05) is 0 Å². The van der Waals surface area contributed by atoms with Crippen LogP contribution < -0.4 is 5.32 Å². The molecule has 0 unspecified atom stereocenters. The van der Waals surface area contributed by atoms with Gasteiger partial charge in [0.2, 0.25) is 0 Å². The number of carbonyl (C=O) groups is 1. The summed E-state index contributed by atoms with van der Waals surface area (Å²) in [6.07, 6.45) is 6.69. The second-order valence-electron chi connectivity index (χ2n) is 13.4. The number of nitrogens with one attached hydrogen (secondary N) is 1. The predicted molar refractivity (Wildman–Crippen MR) is 126 cm³/mol. The molecule has 32 heavy (non-hydrogen) atoms. The topological polar surface area (TPSA) is 78.8 Å². The molecule has 0 aromatic heterocycles. The van der Waals surface area contributed by atoms with E-state index in [9.17, 15) is 15.0 Å². The van der Waals surface area contributed by atoms with Gasteiger partial charge in [0.15, 0.2) is 0 Å². The molecule has 10 atom stereocenters. The van der Waals surface area contributed by atoms with Crippen molar-refractivity contribution in [3.8, 4) is 0 Å². The second kappa shape index (κ2) is 8.53. The molecule has 0 amide bonds. The average molecular weight is 450 g/mol. The summed E-state index contributed by atoms with van der Waals surface area (Å²) in [5.74, 6) is 2.03. The Morgan fingerprint density at radius 2 is 1.75 bits per heavy atom. The minimum absolute atomic E-state index is 0.00494. The molecule has 0 bridgehead atoms. The molecular formula is C27H47NO4. The normalized spacial score (nSPS) is 48.5. The first-order chi connectivity index (χ1) is 14.9. The Labute approximate surface area is 195 Å². The van der Waals surface area contributed by atoms with Crippen molar-refractivity contribution < 1.29 is 19.7 Å². The van der Waals surface area contributed by atoms with Gasteiger partial charge in [-0.1, -0.05) is 34.6 Å². The molecule has 0 radical (unpaired) electrons. The van der Waals surface area contributed by atoms with Crippen LogP contribution in [0.15, 0.2) is 0 Å². The van der Waals surface area contributed by atoms with Crippen molar-refractivity contribution in [1.82, 2.24) is 5.32 Å². The SMILES string of the molecule is COC(=O)[C@H]1CC[C@H]2[C@@H]3CC[C@H]4C[C@H](O)[C@@H](O)C[C@]4(C)[C@H]3[C@H](NCCC(C)(C)C)C[C@]12C. The van der Waals surface area contributed by atoms with Crippen LogP contribution in [0.2, 0.25) is 0 Å². The summed E-state index contributed by atoms with van der Waals surface area (Å²) in [5.41, 5.74) is 0.287. The van der Waals surface area contributed by atoms with Crippen LogP contribution in [0.4, 0.5) is 0 Å². The second-order valence-corrected chi connectivity index (χ2v) is 13.4. The maximum Gasteiger partial charge on any atom is 0.309 e. The third-order valence-corrected chi connectivity index (χ3v) is 10.4.